The topological polar surface area (TPSA) is 83.1 Å². The third-order valence-electron chi connectivity index (χ3n) is 5.73. The third kappa shape index (κ3) is 6.39. The Kier molecular flexibility index (Phi) is 8.00. The lowest BCUT2D eigenvalue weighted by atomic mass is 10.1. The van der Waals surface area contributed by atoms with Crippen molar-refractivity contribution in [2.24, 2.45) is 0 Å². The summed E-state index contributed by atoms with van der Waals surface area (Å²) < 4.78 is 22.4. The summed E-state index contributed by atoms with van der Waals surface area (Å²) in [6, 6.07) is 21.0. The monoisotopic (exact) mass is 475 g/mol. The summed E-state index contributed by atoms with van der Waals surface area (Å²) in [7, 11) is 1.53. The van der Waals surface area contributed by atoms with Crippen LogP contribution in [0.15, 0.2) is 72.8 Å². The SMILES string of the molecule is COc1ccc(C)cc1NC(=O)C(OC(=O)c1ccc(OCC2CCCO2)cc1)c1ccccc1. The fraction of sp³-hybridized carbons (Fsp3) is 0.286. The van der Waals surface area contributed by atoms with E-state index in [-0.39, 0.29) is 6.10 Å². The molecule has 3 aromatic carbocycles. The Bertz CT molecular complexity index is 1140. The fourth-order valence-electron chi connectivity index (χ4n) is 3.85. The maximum Gasteiger partial charge on any atom is 0.339 e. The number of anilines is 1. The van der Waals surface area contributed by atoms with E-state index in [1.54, 1.807) is 60.7 Å². The van der Waals surface area contributed by atoms with Gasteiger partial charge >= 0.3 is 5.97 Å². The highest BCUT2D eigenvalue weighted by Gasteiger charge is 2.27. The Balaban J connectivity index is 1.47. The van der Waals surface area contributed by atoms with Gasteiger partial charge in [0.25, 0.3) is 5.91 Å². The second kappa shape index (κ2) is 11.5. The molecule has 182 valence electrons. The number of carbonyl (C=O) groups excluding carboxylic acids is 2. The molecule has 0 radical (unpaired) electrons. The number of carbonyl (C=O) groups is 2. The van der Waals surface area contributed by atoms with Gasteiger partial charge in [-0.3, -0.25) is 4.79 Å². The second-order valence-electron chi connectivity index (χ2n) is 8.36. The largest absolute Gasteiger partial charge is 0.495 e. The molecule has 35 heavy (non-hydrogen) atoms. The molecule has 1 fully saturated rings. The van der Waals surface area contributed by atoms with Crippen molar-refractivity contribution < 1.29 is 28.5 Å². The van der Waals surface area contributed by atoms with Gasteiger partial charge in [-0.05, 0) is 61.7 Å². The summed E-state index contributed by atoms with van der Waals surface area (Å²) in [5, 5.41) is 2.84. The molecule has 2 atom stereocenters. The lowest BCUT2D eigenvalue weighted by Crippen LogP contribution is -2.26. The highest BCUT2D eigenvalue weighted by atomic mass is 16.5. The van der Waals surface area contributed by atoms with Crippen LogP contribution < -0.4 is 14.8 Å². The van der Waals surface area contributed by atoms with Crippen LogP contribution >= 0.6 is 0 Å². The Morgan fingerprint density at radius 2 is 1.83 bits per heavy atom. The molecule has 1 aliphatic heterocycles. The van der Waals surface area contributed by atoms with Gasteiger partial charge in [0.2, 0.25) is 6.10 Å². The summed E-state index contributed by atoms with van der Waals surface area (Å²) in [6.45, 7) is 3.16. The molecule has 0 bridgehead atoms. The van der Waals surface area contributed by atoms with E-state index < -0.39 is 18.0 Å². The van der Waals surface area contributed by atoms with Gasteiger partial charge in [0.15, 0.2) is 0 Å². The molecule has 1 N–H and O–H groups in total. The van der Waals surface area contributed by atoms with Gasteiger partial charge in [0, 0.05) is 12.2 Å². The first-order valence-electron chi connectivity index (χ1n) is 11.6. The van der Waals surface area contributed by atoms with Crippen molar-refractivity contribution in [1.29, 1.82) is 0 Å². The predicted octanol–water partition coefficient (Wildman–Crippen LogP) is 5.10. The zero-order chi connectivity index (χ0) is 24.6. The van der Waals surface area contributed by atoms with Crippen LogP contribution in [-0.4, -0.2) is 38.3 Å². The van der Waals surface area contributed by atoms with Crippen molar-refractivity contribution in [1.82, 2.24) is 0 Å². The lowest BCUT2D eigenvalue weighted by Gasteiger charge is -2.19. The number of methoxy groups -OCH3 is 1. The Labute approximate surface area is 205 Å². The van der Waals surface area contributed by atoms with Gasteiger partial charge < -0.3 is 24.3 Å². The summed E-state index contributed by atoms with van der Waals surface area (Å²) in [4.78, 5) is 26.2. The normalized spacial score (nSPS) is 15.8. The van der Waals surface area contributed by atoms with Crippen LogP contribution in [0.1, 0.15) is 40.4 Å². The molecule has 1 saturated heterocycles. The second-order valence-corrected chi connectivity index (χ2v) is 8.36. The summed E-state index contributed by atoms with van der Waals surface area (Å²) in [5.41, 5.74) is 2.33. The van der Waals surface area contributed by atoms with E-state index >= 15 is 0 Å². The first-order chi connectivity index (χ1) is 17.0. The van der Waals surface area contributed by atoms with Gasteiger partial charge in [0.05, 0.1) is 24.5 Å². The minimum Gasteiger partial charge on any atom is -0.495 e. The Hall–Kier alpha value is -3.84. The van der Waals surface area contributed by atoms with Crippen LogP contribution in [0.4, 0.5) is 5.69 Å². The number of amides is 1. The van der Waals surface area contributed by atoms with E-state index in [0.29, 0.717) is 34.9 Å². The van der Waals surface area contributed by atoms with Crippen molar-refractivity contribution in [3.05, 3.63) is 89.5 Å². The maximum atomic E-state index is 13.2. The molecule has 2 unspecified atom stereocenters. The highest BCUT2D eigenvalue weighted by molar-refractivity contribution is 5.99. The van der Waals surface area contributed by atoms with E-state index in [0.717, 1.165) is 25.0 Å². The number of esters is 1. The van der Waals surface area contributed by atoms with Crippen LogP contribution in [0.5, 0.6) is 11.5 Å². The minimum atomic E-state index is -1.15. The lowest BCUT2D eigenvalue weighted by molar-refractivity contribution is -0.125. The molecular weight excluding hydrogens is 446 g/mol. The summed E-state index contributed by atoms with van der Waals surface area (Å²) >= 11 is 0. The molecule has 1 heterocycles. The van der Waals surface area contributed by atoms with Crippen molar-refractivity contribution in [2.45, 2.75) is 32.0 Å². The first kappa shape index (κ1) is 24.3. The van der Waals surface area contributed by atoms with E-state index in [2.05, 4.69) is 5.32 Å². The van der Waals surface area contributed by atoms with Crippen LogP contribution in [-0.2, 0) is 14.3 Å². The number of rotatable bonds is 9. The molecular formula is C28H29NO6. The molecule has 7 nitrogen and oxygen atoms in total. The first-order valence-corrected chi connectivity index (χ1v) is 11.6. The molecule has 1 aliphatic rings. The van der Waals surface area contributed by atoms with Gasteiger partial charge in [-0.2, -0.15) is 0 Å². The van der Waals surface area contributed by atoms with Crippen molar-refractivity contribution in [3.63, 3.8) is 0 Å². The third-order valence-corrected chi connectivity index (χ3v) is 5.73. The molecule has 0 spiro atoms. The van der Waals surface area contributed by atoms with E-state index in [1.165, 1.54) is 7.11 Å². The zero-order valence-electron chi connectivity index (χ0n) is 19.9. The van der Waals surface area contributed by atoms with Gasteiger partial charge in [-0.25, -0.2) is 4.79 Å². The van der Waals surface area contributed by atoms with Gasteiger partial charge in [-0.1, -0.05) is 36.4 Å². The maximum absolute atomic E-state index is 13.2. The van der Waals surface area contributed by atoms with Crippen LogP contribution in [0.25, 0.3) is 0 Å². The van der Waals surface area contributed by atoms with Gasteiger partial charge in [0.1, 0.15) is 18.1 Å². The number of aryl methyl sites for hydroxylation is 1. The molecule has 0 aromatic heterocycles. The standard InChI is InChI=1S/C28H29NO6/c1-19-10-15-25(32-2)24(17-19)29-27(30)26(20-7-4-3-5-8-20)35-28(31)21-11-13-22(14-12-21)34-18-23-9-6-16-33-23/h3-5,7-8,10-15,17,23,26H,6,9,16,18H2,1-2H3,(H,29,30). The van der Waals surface area contributed by atoms with Crippen LogP contribution in [0, 0.1) is 6.92 Å². The van der Waals surface area contributed by atoms with Crippen LogP contribution in [0.3, 0.4) is 0 Å². The highest BCUT2D eigenvalue weighted by Crippen LogP contribution is 2.28. The molecule has 4 rings (SSSR count). The molecule has 1 amide bonds. The number of nitrogens with one attached hydrogen (secondary N) is 1. The number of benzene rings is 3. The van der Waals surface area contributed by atoms with E-state index in [1.807, 2.05) is 19.1 Å². The number of hydrogen-bond acceptors (Lipinski definition) is 6. The molecule has 0 saturated carbocycles. The van der Waals surface area contributed by atoms with Crippen molar-refractivity contribution in [3.8, 4) is 11.5 Å². The van der Waals surface area contributed by atoms with Gasteiger partial charge in [-0.15, -0.1) is 0 Å². The average Bonchev–Trinajstić information content (AvgIpc) is 3.40. The number of hydrogen-bond donors (Lipinski definition) is 1. The Morgan fingerprint density at radius 1 is 1.06 bits per heavy atom. The van der Waals surface area contributed by atoms with Crippen LogP contribution in [0.2, 0.25) is 0 Å². The Morgan fingerprint density at radius 3 is 2.51 bits per heavy atom. The van der Waals surface area contributed by atoms with E-state index in [4.69, 9.17) is 18.9 Å². The fourth-order valence-corrected chi connectivity index (χ4v) is 3.85. The number of ether oxygens (including phenoxy) is 4. The molecule has 7 heteroatoms. The average molecular weight is 476 g/mol. The minimum absolute atomic E-state index is 0.108. The van der Waals surface area contributed by atoms with Crippen molar-refractivity contribution in [2.75, 3.05) is 25.6 Å². The zero-order valence-corrected chi connectivity index (χ0v) is 19.9. The van der Waals surface area contributed by atoms with E-state index in [9.17, 15) is 9.59 Å². The molecule has 0 aliphatic carbocycles. The summed E-state index contributed by atoms with van der Waals surface area (Å²) in [6.07, 6.45) is 0.995. The smallest absolute Gasteiger partial charge is 0.339 e. The molecule has 3 aromatic rings. The van der Waals surface area contributed by atoms with Crippen molar-refractivity contribution >= 4 is 17.6 Å². The summed E-state index contributed by atoms with van der Waals surface area (Å²) in [5.74, 6) is 0.0579. The predicted molar refractivity (Wildman–Crippen MR) is 132 cm³/mol. The quantitative estimate of drug-likeness (QED) is 0.434.